The van der Waals surface area contributed by atoms with Crippen molar-refractivity contribution in [3.63, 3.8) is 0 Å². The van der Waals surface area contributed by atoms with E-state index >= 15 is 0 Å². The highest BCUT2D eigenvalue weighted by molar-refractivity contribution is 6.31. The number of amides is 2. The van der Waals surface area contributed by atoms with E-state index in [4.69, 9.17) is 16.3 Å². The molecule has 0 unspecified atom stereocenters. The summed E-state index contributed by atoms with van der Waals surface area (Å²) in [5.41, 5.74) is 2.58. The minimum Gasteiger partial charge on any atom is -0.497 e. The molecule has 0 fully saturated rings. The van der Waals surface area contributed by atoms with E-state index in [1.165, 1.54) is 0 Å². The van der Waals surface area contributed by atoms with Crippen LogP contribution in [0.25, 0.3) is 0 Å². The van der Waals surface area contributed by atoms with Crippen LogP contribution in [0.4, 0.5) is 5.69 Å². The number of aryl methyl sites for hydroxylation is 1. The molecule has 0 atom stereocenters. The van der Waals surface area contributed by atoms with Gasteiger partial charge in [0.05, 0.1) is 7.11 Å². The number of halogens is 1. The molecule has 0 aliphatic rings. The molecule has 0 spiro atoms. The number of ether oxygens (including phenoxy) is 1. The first-order chi connectivity index (χ1) is 12.0. The lowest BCUT2D eigenvalue weighted by Crippen LogP contribution is -2.29. The van der Waals surface area contributed by atoms with Gasteiger partial charge in [-0.3, -0.25) is 9.59 Å². The van der Waals surface area contributed by atoms with Crippen molar-refractivity contribution in [1.29, 1.82) is 0 Å². The summed E-state index contributed by atoms with van der Waals surface area (Å²) in [4.78, 5) is 23.8. The second-order valence-electron chi connectivity index (χ2n) is 5.63. The molecule has 0 aromatic heterocycles. The number of carbonyl (C=O) groups excluding carboxylic acids is 2. The molecule has 0 bridgehead atoms. The molecule has 0 aliphatic carbocycles. The van der Waals surface area contributed by atoms with Gasteiger partial charge in [-0.15, -0.1) is 0 Å². The van der Waals surface area contributed by atoms with Gasteiger partial charge >= 0.3 is 0 Å². The van der Waals surface area contributed by atoms with Gasteiger partial charge in [0.2, 0.25) is 11.8 Å². The standard InChI is InChI=1S/C19H21ClN2O3/c1-13-3-6-15(20)11-17(13)22-19(24)12-18(23)21-10-9-14-4-7-16(25-2)8-5-14/h3-8,11H,9-10,12H2,1-2H3,(H,21,23)(H,22,24). The molecule has 0 heterocycles. The van der Waals surface area contributed by atoms with Crippen LogP contribution in [0.5, 0.6) is 5.75 Å². The van der Waals surface area contributed by atoms with Gasteiger partial charge in [0, 0.05) is 17.3 Å². The number of hydrogen-bond acceptors (Lipinski definition) is 3. The van der Waals surface area contributed by atoms with Crippen LogP contribution in [0, 0.1) is 6.92 Å². The summed E-state index contributed by atoms with van der Waals surface area (Å²) >= 11 is 5.91. The molecule has 25 heavy (non-hydrogen) atoms. The van der Waals surface area contributed by atoms with Crippen LogP contribution in [-0.2, 0) is 16.0 Å². The third kappa shape index (κ3) is 6.12. The SMILES string of the molecule is COc1ccc(CCNC(=O)CC(=O)Nc2cc(Cl)ccc2C)cc1. The summed E-state index contributed by atoms with van der Waals surface area (Å²) in [6.07, 6.45) is 0.458. The van der Waals surface area contributed by atoms with Crippen LogP contribution in [0.1, 0.15) is 17.5 Å². The molecule has 132 valence electrons. The zero-order chi connectivity index (χ0) is 18.2. The summed E-state index contributed by atoms with van der Waals surface area (Å²) in [5, 5.41) is 5.98. The Labute approximate surface area is 152 Å². The summed E-state index contributed by atoms with van der Waals surface area (Å²) in [6.45, 7) is 2.33. The van der Waals surface area contributed by atoms with E-state index in [1.807, 2.05) is 37.3 Å². The highest BCUT2D eigenvalue weighted by Crippen LogP contribution is 2.20. The maximum atomic E-state index is 12.0. The Balaban J connectivity index is 1.75. The van der Waals surface area contributed by atoms with E-state index in [0.29, 0.717) is 23.7 Å². The van der Waals surface area contributed by atoms with Gasteiger partial charge in [0.15, 0.2) is 0 Å². The van der Waals surface area contributed by atoms with E-state index in [1.54, 1.807) is 19.2 Å². The maximum absolute atomic E-state index is 12.0. The zero-order valence-corrected chi connectivity index (χ0v) is 15.0. The van der Waals surface area contributed by atoms with Crippen molar-refractivity contribution in [1.82, 2.24) is 5.32 Å². The number of nitrogens with one attached hydrogen (secondary N) is 2. The quantitative estimate of drug-likeness (QED) is 0.744. The second kappa shape index (κ2) is 9.08. The summed E-state index contributed by atoms with van der Waals surface area (Å²) in [5.74, 6) is 0.110. The molecule has 2 rings (SSSR count). The van der Waals surface area contributed by atoms with Crippen molar-refractivity contribution in [3.8, 4) is 5.75 Å². The maximum Gasteiger partial charge on any atom is 0.233 e. The van der Waals surface area contributed by atoms with Gasteiger partial charge < -0.3 is 15.4 Å². The van der Waals surface area contributed by atoms with E-state index in [-0.39, 0.29) is 18.2 Å². The van der Waals surface area contributed by atoms with Crippen LogP contribution < -0.4 is 15.4 Å². The molecular formula is C19H21ClN2O3. The number of methoxy groups -OCH3 is 1. The van der Waals surface area contributed by atoms with Crippen LogP contribution in [0.2, 0.25) is 5.02 Å². The van der Waals surface area contributed by atoms with E-state index in [2.05, 4.69) is 10.6 Å². The minimum atomic E-state index is -0.368. The summed E-state index contributed by atoms with van der Waals surface area (Å²) in [6, 6.07) is 12.9. The van der Waals surface area contributed by atoms with Crippen molar-refractivity contribution in [3.05, 3.63) is 58.6 Å². The smallest absolute Gasteiger partial charge is 0.233 e. The van der Waals surface area contributed by atoms with Gasteiger partial charge in [-0.25, -0.2) is 0 Å². The predicted octanol–water partition coefficient (Wildman–Crippen LogP) is 3.34. The van der Waals surface area contributed by atoms with Gasteiger partial charge in [-0.05, 0) is 48.7 Å². The van der Waals surface area contributed by atoms with Crippen LogP contribution in [0.15, 0.2) is 42.5 Å². The molecule has 0 aliphatic heterocycles. The van der Waals surface area contributed by atoms with Crippen molar-refractivity contribution in [2.75, 3.05) is 19.0 Å². The normalized spacial score (nSPS) is 10.2. The van der Waals surface area contributed by atoms with E-state index in [0.717, 1.165) is 16.9 Å². The van der Waals surface area contributed by atoms with Gasteiger partial charge in [0.1, 0.15) is 12.2 Å². The molecule has 6 heteroatoms. The fraction of sp³-hybridized carbons (Fsp3) is 0.263. The van der Waals surface area contributed by atoms with Crippen molar-refractivity contribution < 1.29 is 14.3 Å². The van der Waals surface area contributed by atoms with E-state index < -0.39 is 0 Å². The highest BCUT2D eigenvalue weighted by atomic mass is 35.5. The lowest BCUT2D eigenvalue weighted by atomic mass is 10.1. The third-order valence-corrected chi connectivity index (χ3v) is 3.92. The molecule has 0 saturated heterocycles. The number of benzene rings is 2. The topological polar surface area (TPSA) is 67.4 Å². The summed E-state index contributed by atoms with van der Waals surface area (Å²) < 4.78 is 5.10. The number of carbonyl (C=O) groups is 2. The predicted molar refractivity (Wildman–Crippen MR) is 99.1 cm³/mol. The van der Waals surface area contributed by atoms with Crippen molar-refractivity contribution in [2.24, 2.45) is 0 Å². The first-order valence-corrected chi connectivity index (χ1v) is 8.31. The Morgan fingerprint density at radius 3 is 2.48 bits per heavy atom. The zero-order valence-electron chi connectivity index (χ0n) is 14.3. The Kier molecular flexibility index (Phi) is 6.83. The fourth-order valence-electron chi connectivity index (χ4n) is 2.27. The number of hydrogen-bond donors (Lipinski definition) is 2. The Morgan fingerprint density at radius 1 is 1.08 bits per heavy atom. The largest absolute Gasteiger partial charge is 0.497 e. The van der Waals surface area contributed by atoms with Crippen LogP contribution in [0.3, 0.4) is 0 Å². The van der Waals surface area contributed by atoms with Crippen molar-refractivity contribution in [2.45, 2.75) is 19.8 Å². The first kappa shape index (κ1) is 18.8. The van der Waals surface area contributed by atoms with E-state index in [9.17, 15) is 9.59 Å². The Hall–Kier alpha value is -2.53. The van der Waals surface area contributed by atoms with Crippen LogP contribution >= 0.6 is 11.6 Å². The molecule has 0 radical (unpaired) electrons. The Bertz CT molecular complexity index is 745. The molecule has 0 saturated carbocycles. The van der Waals surface area contributed by atoms with Gasteiger partial charge in [0.25, 0.3) is 0 Å². The lowest BCUT2D eigenvalue weighted by Gasteiger charge is -2.09. The lowest BCUT2D eigenvalue weighted by molar-refractivity contribution is -0.126. The number of anilines is 1. The van der Waals surface area contributed by atoms with Crippen LogP contribution in [-0.4, -0.2) is 25.5 Å². The first-order valence-electron chi connectivity index (χ1n) is 7.93. The molecule has 2 aromatic carbocycles. The molecule has 2 amide bonds. The van der Waals surface area contributed by atoms with Gasteiger partial charge in [-0.1, -0.05) is 29.8 Å². The Morgan fingerprint density at radius 2 is 1.80 bits per heavy atom. The molecule has 2 aromatic rings. The molecular weight excluding hydrogens is 340 g/mol. The summed E-state index contributed by atoms with van der Waals surface area (Å²) in [7, 11) is 1.62. The van der Waals surface area contributed by atoms with Gasteiger partial charge in [-0.2, -0.15) is 0 Å². The average molecular weight is 361 g/mol. The third-order valence-electron chi connectivity index (χ3n) is 3.69. The minimum absolute atomic E-state index is 0.228. The molecule has 5 nitrogen and oxygen atoms in total. The second-order valence-corrected chi connectivity index (χ2v) is 6.07. The fourth-order valence-corrected chi connectivity index (χ4v) is 2.44. The number of rotatable bonds is 7. The average Bonchev–Trinajstić information content (AvgIpc) is 2.58. The monoisotopic (exact) mass is 360 g/mol. The highest BCUT2D eigenvalue weighted by Gasteiger charge is 2.10. The molecule has 2 N–H and O–H groups in total. The van der Waals surface area contributed by atoms with Crippen molar-refractivity contribution >= 4 is 29.1 Å².